The van der Waals surface area contributed by atoms with Crippen LogP contribution in [-0.4, -0.2) is 54.3 Å². The fourth-order valence-corrected chi connectivity index (χ4v) is 4.48. The molecule has 3 rings (SSSR count). The molecule has 21 heavy (non-hydrogen) atoms. The number of nitrogens with zero attached hydrogens (tertiary/aromatic N) is 2. The van der Waals surface area contributed by atoms with Gasteiger partial charge in [-0.15, -0.1) is 11.8 Å². The summed E-state index contributed by atoms with van der Waals surface area (Å²) in [6.45, 7) is 6.24. The molecule has 0 radical (unpaired) electrons. The standard InChI is InChI=1S/C17H25ClN2S/c18-15-5-7-17(8-6-15)21-14-13-19-9-11-20(12-10-19)16-3-1-2-4-16/h5-8,16H,1-4,9-14H2. The van der Waals surface area contributed by atoms with Crippen LogP contribution in [0.4, 0.5) is 0 Å². The molecule has 2 fully saturated rings. The smallest absolute Gasteiger partial charge is 0.0406 e. The molecule has 0 atom stereocenters. The highest BCUT2D eigenvalue weighted by molar-refractivity contribution is 7.99. The average molecular weight is 325 g/mol. The van der Waals surface area contributed by atoms with Gasteiger partial charge in [-0.25, -0.2) is 0 Å². The molecule has 116 valence electrons. The molecule has 2 aliphatic rings. The third-order valence-electron chi connectivity index (χ3n) is 4.74. The van der Waals surface area contributed by atoms with Gasteiger partial charge in [0.15, 0.2) is 0 Å². The monoisotopic (exact) mass is 324 g/mol. The molecule has 0 unspecified atom stereocenters. The van der Waals surface area contributed by atoms with Gasteiger partial charge in [0.2, 0.25) is 0 Å². The summed E-state index contributed by atoms with van der Waals surface area (Å²) < 4.78 is 0. The van der Waals surface area contributed by atoms with Crippen LogP contribution in [0.15, 0.2) is 29.2 Å². The van der Waals surface area contributed by atoms with Crippen molar-refractivity contribution < 1.29 is 0 Å². The van der Waals surface area contributed by atoms with Gasteiger partial charge in [-0.3, -0.25) is 9.80 Å². The van der Waals surface area contributed by atoms with E-state index in [1.54, 1.807) is 0 Å². The van der Waals surface area contributed by atoms with Gasteiger partial charge in [-0.05, 0) is 37.1 Å². The summed E-state index contributed by atoms with van der Waals surface area (Å²) in [5.41, 5.74) is 0. The summed E-state index contributed by atoms with van der Waals surface area (Å²) >= 11 is 7.85. The first-order valence-corrected chi connectivity index (χ1v) is 9.52. The molecule has 1 saturated heterocycles. The second kappa shape index (κ2) is 7.87. The molecule has 1 aliphatic heterocycles. The average Bonchev–Trinajstić information content (AvgIpc) is 3.04. The van der Waals surface area contributed by atoms with Crippen molar-refractivity contribution in [3.8, 4) is 0 Å². The lowest BCUT2D eigenvalue weighted by atomic mass is 10.2. The first-order chi connectivity index (χ1) is 10.3. The quantitative estimate of drug-likeness (QED) is 0.756. The minimum atomic E-state index is 0.822. The molecule has 1 aliphatic carbocycles. The van der Waals surface area contributed by atoms with Crippen LogP contribution in [0.25, 0.3) is 0 Å². The minimum absolute atomic E-state index is 0.822. The highest BCUT2D eigenvalue weighted by atomic mass is 35.5. The van der Waals surface area contributed by atoms with E-state index in [0.29, 0.717) is 0 Å². The van der Waals surface area contributed by atoms with E-state index >= 15 is 0 Å². The largest absolute Gasteiger partial charge is 0.300 e. The van der Waals surface area contributed by atoms with Crippen molar-refractivity contribution in [1.29, 1.82) is 0 Å². The van der Waals surface area contributed by atoms with E-state index in [2.05, 4.69) is 21.9 Å². The zero-order chi connectivity index (χ0) is 14.5. The lowest BCUT2D eigenvalue weighted by molar-refractivity contribution is 0.102. The van der Waals surface area contributed by atoms with E-state index in [0.717, 1.165) is 11.1 Å². The molecular formula is C17H25ClN2S. The Bertz CT molecular complexity index is 423. The molecule has 0 amide bonds. The van der Waals surface area contributed by atoms with Crippen LogP contribution in [0.3, 0.4) is 0 Å². The number of hydrogen-bond donors (Lipinski definition) is 0. The Labute approximate surface area is 137 Å². The summed E-state index contributed by atoms with van der Waals surface area (Å²) in [5, 5.41) is 0.822. The van der Waals surface area contributed by atoms with Gasteiger partial charge in [-0.2, -0.15) is 0 Å². The molecule has 0 aromatic heterocycles. The highest BCUT2D eigenvalue weighted by Crippen LogP contribution is 2.24. The summed E-state index contributed by atoms with van der Waals surface area (Å²) in [6.07, 6.45) is 5.77. The number of benzene rings is 1. The van der Waals surface area contributed by atoms with Gasteiger partial charge in [-0.1, -0.05) is 24.4 Å². The molecule has 1 heterocycles. The Hall–Kier alpha value is -0.220. The van der Waals surface area contributed by atoms with E-state index < -0.39 is 0 Å². The van der Waals surface area contributed by atoms with Crippen molar-refractivity contribution in [2.24, 2.45) is 0 Å². The predicted molar refractivity (Wildman–Crippen MR) is 92.4 cm³/mol. The van der Waals surface area contributed by atoms with Crippen LogP contribution in [0.5, 0.6) is 0 Å². The summed E-state index contributed by atoms with van der Waals surface area (Å²) in [7, 11) is 0. The maximum atomic E-state index is 5.91. The third-order valence-corrected chi connectivity index (χ3v) is 5.98. The van der Waals surface area contributed by atoms with E-state index in [-0.39, 0.29) is 0 Å². The van der Waals surface area contributed by atoms with Gasteiger partial charge in [0.05, 0.1) is 0 Å². The van der Waals surface area contributed by atoms with Crippen molar-refractivity contribution in [3.63, 3.8) is 0 Å². The van der Waals surface area contributed by atoms with E-state index in [1.807, 2.05) is 23.9 Å². The SMILES string of the molecule is Clc1ccc(SCCN2CCN(C3CCCC3)CC2)cc1. The van der Waals surface area contributed by atoms with Crippen LogP contribution >= 0.6 is 23.4 Å². The maximum absolute atomic E-state index is 5.91. The molecule has 1 aromatic rings. The topological polar surface area (TPSA) is 6.48 Å². The Morgan fingerprint density at radius 2 is 1.67 bits per heavy atom. The molecule has 1 aromatic carbocycles. The number of halogens is 1. The van der Waals surface area contributed by atoms with E-state index in [4.69, 9.17) is 11.6 Å². The number of piperazine rings is 1. The molecule has 0 bridgehead atoms. The van der Waals surface area contributed by atoms with Crippen molar-refractivity contribution in [1.82, 2.24) is 9.80 Å². The fourth-order valence-electron chi connectivity index (χ4n) is 3.44. The Balaban J connectivity index is 1.34. The molecule has 0 spiro atoms. The van der Waals surface area contributed by atoms with Crippen molar-refractivity contribution in [2.75, 3.05) is 38.5 Å². The molecule has 2 nitrogen and oxygen atoms in total. The Morgan fingerprint density at radius 3 is 2.33 bits per heavy atom. The Kier molecular flexibility index (Phi) is 5.87. The third kappa shape index (κ3) is 4.62. The van der Waals surface area contributed by atoms with Gasteiger partial charge in [0.25, 0.3) is 0 Å². The van der Waals surface area contributed by atoms with Crippen LogP contribution < -0.4 is 0 Å². The first kappa shape index (κ1) is 15.7. The lowest BCUT2D eigenvalue weighted by Crippen LogP contribution is -2.50. The zero-order valence-electron chi connectivity index (χ0n) is 12.6. The molecule has 4 heteroatoms. The number of thioether (sulfide) groups is 1. The fraction of sp³-hybridized carbons (Fsp3) is 0.647. The van der Waals surface area contributed by atoms with Crippen molar-refractivity contribution in [2.45, 2.75) is 36.6 Å². The van der Waals surface area contributed by atoms with Crippen molar-refractivity contribution in [3.05, 3.63) is 29.3 Å². The number of hydrogen-bond acceptors (Lipinski definition) is 3. The van der Waals surface area contributed by atoms with Gasteiger partial charge >= 0.3 is 0 Å². The molecule has 1 saturated carbocycles. The van der Waals surface area contributed by atoms with Crippen LogP contribution in [0.2, 0.25) is 5.02 Å². The minimum Gasteiger partial charge on any atom is -0.300 e. The second-order valence-corrected chi connectivity index (χ2v) is 7.72. The van der Waals surface area contributed by atoms with Crippen LogP contribution in [-0.2, 0) is 0 Å². The zero-order valence-corrected chi connectivity index (χ0v) is 14.2. The summed E-state index contributed by atoms with van der Waals surface area (Å²) in [4.78, 5) is 6.67. The summed E-state index contributed by atoms with van der Waals surface area (Å²) in [5.74, 6) is 1.17. The number of rotatable bonds is 5. The Morgan fingerprint density at radius 1 is 1.00 bits per heavy atom. The normalized spacial score (nSPS) is 22.0. The first-order valence-electron chi connectivity index (χ1n) is 8.16. The predicted octanol–water partition coefficient (Wildman–Crippen LogP) is 3.99. The van der Waals surface area contributed by atoms with E-state index in [1.165, 1.54) is 69.1 Å². The lowest BCUT2D eigenvalue weighted by Gasteiger charge is -2.38. The van der Waals surface area contributed by atoms with Crippen molar-refractivity contribution >= 4 is 23.4 Å². The highest BCUT2D eigenvalue weighted by Gasteiger charge is 2.25. The van der Waals surface area contributed by atoms with Gasteiger partial charge < -0.3 is 0 Å². The second-order valence-electron chi connectivity index (χ2n) is 6.12. The van der Waals surface area contributed by atoms with E-state index in [9.17, 15) is 0 Å². The molecule has 0 N–H and O–H groups in total. The van der Waals surface area contributed by atoms with Crippen LogP contribution in [0, 0.1) is 0 Å². The van der Waals surface area contributed by atoms with Crippen LogP contribution in [0.1, 0.15) is 25.7 Å². The van der Waals surface area contributed by atoms with Gasteiger partial charge in [0, 0.05) is 54.4 Å². The van der Waals surface area contributed by atoms with Gasteiger partial charge in [0.1, 0.15) is 0 Å². The maximum Gasteiger partial charge on any atom is 0.0406 e. The summed E-state index contributed by atoms with van der Waals surface area (Å²) in [6, 6.07) is 9.08. The molecular weight excluding hydrogens is 300 g/mol.